The van der Waals surface area contributed by atoms with Crippen molar-refractivity contribution in [1.29, 1.82) is 0 Å². The summed E-state index contributed by atoms with van der Waals surface area (Å²) in [7, 11) is 0. The van der Waals surface area contributed by atoms with E-state index in [9.17, 15) is 4.79 Å². The topological polar surface area (TPSA) is 86.7 Å². The van der Waals surface area contributed by atoms with Crippen LogP contribution >= 0.6 is 0 Å². The largest absolute Gasteiger partial charge is 0.364 e. The highest BCUT2D eigenvalue weighted by molar-refractivity contribution is 5.95. The standard InChI is InChI=1S/C21H19N5O/c22-20(27)19-17-7-8-21(14-3-1-9-23-12-14,15-4-2-10-24-13-15)11-18(17)26(25-19)16-5-6-16/h1-4,7-10,12-13,16H,5-6,11H2,(H2,22,27). The lowest BCUT2D eigenvalue weighted by atomic mass is 9.69. The molecule has 0 spiro atoms. The van der Waals surface area contributed by atoms with Crippen LogP contribution in [-0.4, -0.2) is 25.7 Å². The lowest BCUT2D eigenvalue weighted by Gasteiger charge is -2.34. The molecule has 3 heterocycles. The first-order chi connectivity index (χ1) is 13.2. The number of nitrogens with two attached hydrogens (primary N) is 1. The molecule has 3 aromatic rings. The van der Waals surface area contributed by atoms with E-state index in [4.69, 9.17) is 5.73 Å². The number of nitrogens with zero attached hydrogens (tertiary/aromatic N) is 4. The van der Waals surface area contributed by atoms with E-state index >= 15 is 0 Å². The van der Waals surface area contributed by atoms with Crippen molar-refractivity contribution in [2.24, 2.45) is 5.73 Å². The van der Waals surface area contributed by atoms with Gasteiger partial charge in [0.05, 0.1) is 6.04 Å². The summed E-state index contributed by atoms with van der Waals surface area (Å²) in [6.45, 7) is 0. The zero-order valence-corrected chi connectivity index (χ0v) is 14.7. The van der Waals surface area contributed by atoms with Crippen LogP contribution in [0.5, 0.6) is 0 Å². The number of hydrogen-bond acceptors (Lipinski definition) is 4. The van der Waals surface area contributed by atoms with E-state index in [0.29, 0.717) is 18.2 Å². The minimum absolute atomic E-state index is 0.360. The number of primary amides is 1. The second-order valence-electron chi connectivity index (χ2n) is 7.21. The molecule has 0 radical (unpaired) electrons. The van der Waals surface area contributed by atoms with Gasteiger partial charge in [0.2, 0.25) is 0 Å². The van der Waals surface area contributed by atoms with Crippen LogP contribution in [0.1, 0.15) is 51.8 Å². The molecule has 1 amide bonds. The summed E-state index contributed by atoms with van der Waals surface area (Å²) < 4.78 is 2.01. The van der Waals surface area contributed by atoms with Crippen molar-refractivity contribution in [2.45, 2.75) is 30.7 Å². The van der Waals surface area contributed by atoms with Gasteiger partial charge in [0, 0.05) is 47.9 Å². The van der Waals surface area contributed by atoms with Gasteiger partial charge in [-0.05, 0) is 36.1 Å². The fourth-order valence-corrected chi connectivity index (χ4v) is 4.00. The summed E-state index contributed by atoms with van der Waals surface area (Å²) in [5.41, 5.74) is 9.62. The molecule has 1 saturated carbocycles. The van der Waals surface area contributed by atoms with Crippen molar-refractivity contribution in [1.82, 2.24) is 19.7 Å². The first-order valence-electron chi connectivity index (χ1n) is 9.10. The Morgan fingerprint density at radius 3 is 2.30 bits per heavy atom. The number of carbonyl (C=O) groups is 1. The van der Waals surface area contributed by atoms with Crippen molar-refractivity contribution >= 4 is 12.0 Å². The van der Waals surface area contributed by atoms with Crippen LogP contribution in [-0.2, 0) is 11.8 Å². The van der Waals surface area contributed by atoms with Crippen LogP contribution in [0.25, 0.3) is 6.08 Å². The summed E-state index contributed by atoms with van der Waals surface area (Å²) >= 11 is 0. The van der Waals surface area contributed by atoms with Crippen molar-refractivity contribution in [3.8, 4) is 0 Å². The predicted octanol–water partition coefficient (Wildman–Crippen LogP) is 2.66. The lowest BCUT2D eigenvalue weighted by Crippen LogP contribution is -2.32. The Labute approximate surface area is 156 Å². The maximum atomic E-state index is 11.9. The van der Waals surface area contributed by atoms with Gasteiger partial charge in [-0.2, -0.15) is 5.10 Å². The van der Waals surface area contributed by atoms with Crippen LogP contribution < -0.4 is 5.73 Å². The molecule has 3 aromatic heterocycles. The van der Waals surface area contributed by atoms with E-state index in [0.717, 1.165) is 35.2 Å². The van der Waals surface area contributed by atoms with Gasteiger partial charge in [0.1, 0.15) is 0 Å². The summed E-state index contributed by atoms with van der Waals surface area (Å²) in [5, 5.41) is 4.57. The minimum Gasteiger partial charge on any atom is -0.364 e. The fraction of sp³-hybridized carbons (Fsp3) is 0.238. The molecular weight excluding hydrogens is 338 g/mol. The Morgan fingerprint density at radius 1 is 1.11 bits per heavy atom. The molecule has 5 rings (SSSR count). The van der Waals surface area contributed by atoms with Crippen LogP contribution in [0.3, 0.4) is 0 Å². The minimum atomic E-state index is -0.481. The molecule has 6 heteroatoms. The van der Waals surface area contributed by atoms with E-state index in [2.05, 4.69) is 33.3 Å². The van der Waals surface area contributed by atoms with E-state index < -0.39 is 11.3 Å². The number of rotatable bonds is 4. The second-order valence-corrected chi connectivity index (χ2v) is 7.21. The molecular formula is C21H19N5O. The maximum Gasteiger partial charge on any atom is 0.269 e. The summed E-state index contributed by atoms with van der Waals surface area (Å²) in [5.74, 6) is -0.481. The molecule has 0 aliphatic heterocycles. The number of carbonyl (C=O) groups excluding carboxylic acids is 1. The number of fused-ring (bicyclic) bond motifs is 1. The summed E-state index contributed by atoms with van der Waals surface area (Å²) in [4.78, 5) is 20.6. The van der Waals surface area contributed by atoms with Gasteiger partial charge in [-0.3, -0.25) is 19.4 Å². The van der Waals surface area contributed by atoms with Gasteiger partial charge in [0.25, 0.3) is 5.91 Å². The molecule has 2 aliphatic carbocycles. The first-order valence-corrected chi connectivity index (χ1v) is 9.10. The Balaban J connectivity index is 1.73. The van der Waals surface area contributed by atoms with Crippen molar-refractivity contribution in [3.63, 3.8) is 0 Å². The Kier molecular flexibility index (Phi) is 3.47. The van der Waals surface area contributed by atoms with E-state index in [1.807, 2.05) is 35.3 Å². The molecule has 0 unspecified atom stereocenters. The number of allylic oxidation sites excluding steroid dienone is 1. The van der Waals surface area contributed by atoms with Gasteiger partial charge in [-0.1, -0.05) is 24.3 Å². The van der Waals surface area contributed by atoms with Crippen LogP contribution in [0.2, 0.25) is 0 Å². The number of aromatic nitrogens is 4. The molecule has 2 N–H and O–H groups in total. The molecule has 2 aliphatic rings. The summed E-state index contributed by atoms with van der Waals surface area (Å²) in [6, 6.07) is 8.43. The van der Waals surface area contributed by atoms with Gasteiger partial charge in [-0.25, -0.2) is 0 Å². The molecule has 0 aromatic carbocycles. The number of hydrogen-bond donors (Lipinski definition) is 1. The lowest BCUT2D eigenvalue weighted by molar-refractivity contribution is 0.0994. The third-order valence-electron chi connectivity index (χ3n) is 5.51. The average Bonchev–Trinajstić information content (AvgIpc) is 3.49. The smallest absolute Gasteiger partial charge is 0.269 e. The molecule has 0 atom stereocenters. The average molecular weight is 357 g/mol. The second kappa shape index (κ2) is 5.87. The Hall–Kier alpha value is -3.28. The van der Waals surface area contributed by atoms with Crippen LogP contribution in [0.4, 0.5) is 0 Å². The van der Waals surface area contributed by atoms with E-state index in [-0.39, 0.29) is 0 Å². The monoisotopic (exact) mass is 357 g/mol. The van der Waals surface area contributed by atoms with Gasteiger partial charge in [-0.15, -0.1) is 0 Å². The molecule has 134 valence electrons. The Bertz CT molecular complexity index is 996. The molecule has 0 saturated heterocycles. The van der Waals surface area contributed by atoms with Gasteiger partial charge < -0.3 is 5.73 Å². The summed E-state index contributed by atoms with van der Waals surface area (Å²) in [6.07, 6.45) is 14.3. The SMILES string of the molecule is NC(=O)c1nn(C2CC2)c2c1C=CC(c1cccnc1)(c1cccnc1)C2. The fourth-order valence-electron chi connectivity index (χ4n) is 4.00. The zero-order chi connectivity index (χ0) is 18.4. The number of amides is 1. The third kappa shape index (κ3) is 2.48. The number of pyridine rings is 2. The maximum absolute atomic E-state index is 11.9. The normalized spacial score (nSPS) is 17.5. The van der Waals surface area contributed by atoms with Crippen molar-refractivity contribution < 1.29 is 4.79 Å². The quantitative estimate of drug-likeness (QED) is 0.778. The molecule has 6 nitrogen and oxygen atoms in total. The molecule has 27 heavy (non-hydrogen) atoms. The van der Waals surface area contributed by atoms with E-state index in [1.54, 1.807) is 12.4 Å². The van der Waals surface area contributed by atoms with Crippen LogP contribution in [0.15, 0.2) is 55.1 Å². The molecule has 0 bridgehead atoms. The first kappa shape index (κ1) is 15.9. The Morgan fingerprint density at radius 2 is 1.78 bits per heavy atom. The highest BCUT2D eigenvalue weighted by atomic mass is 16.1. The third-order valence-corrected chi connectivity index (χ3v) is 5.51. The van der Waals surface area contributed by atoms with Gasteiger partial charge in [0.15, 0.2) is 5.69 Å². The highest BCUT2D eigenvalue weighted by Crippen LogP contribution is 2.45. The predicted molar refractivity (Wildman–Crippen MR) is 101 cm³/mol. The highest BCUT2D eigenvalue weighted by Gasteiger charge is 2.40. The van der Waals surface area contributed by atoms with Crippen molar-refractivity contribution in [2.75, 3.05) is 0 Å². The van der Waals surface area contributed by atoms with Crippen molar-refractivity contribution in [3.05, 3.63) is 83.2 Å². The van der Waals surface area contributed by atoms with Gasteiger partial charge >= 0.3 is 0 Å². The zero-order valence-electron chi connectivity index (χ0n) is 14.7. The van der Waals surface area contributed by atoms with Crippen LogP contribution in [0, 0.1) is 0 Å². The molecule has 1 fully saturated rings. The van der Waals surface area contributed by atoms with E-state index in [1.165, 1.54) is 0 Å².